The molecule has 0 fully saturated rings. The van der Waals surface area contributed by atoms with Gasteiger partial charge in [-0.1, -0.05) is 18.2 Å². The molecule has 0 atom stereocenters. The molecule has 0 saturated heterocycles. The van der Waals surface area contributed by atoms with E-state index in [9.17, 15) is 0 Å². The van der Waals surface area contributed by atoms with Crippen LogP contribution < -0.4 is 4.74 Å². The van der Waals surface area contributed by atoms with Crippen LogP contribution >= 0.6 is 0 Å². The quantitative estimate of drug-likeness (QED) is 0.167. The molecule has 8 rings (SSSR count). The van der Waals surface area contributed by atoms with E-state index in [0.29, 0.717) is 11.5 Å². The molecule has 0 N–H and O–H groups in total. The fourth-order valence-electron chi connectivity index (χ4n) is 5.90. The van der Waals surface area contributed by atoms with Gasteiger partial charge in [0, 0.05) is 29.7 Å². The van der Waals surface area contributed by atoms with Gasteiger partial charge in [0.15, 0.2) is 0 Å². The molecule has 0 radical (unpaired) electrons. The molecule has 0 unspecified atom stereocenters. The van der Waals surface area contributed by atoms with Crippen LogP contribution in [0.5, 0.6) is 11.5 Å². The Balaban J connectivity index is 1.22. The zero-order chi connectivity index (χ0) is 29.8. The second-order valence-electron chi connectivity index (χ2n) is 10.7. The number of pyridine rings is 2. The summed E-state index contributed by atoms with van der Waals surface area (Å²) in [6.07, 6.45) is 5.58. The Labute approximate surface area is 264 Å². The van der Waals surface area contributed by atoms with Gasteiger partial charge in [0.05, 0.1) is 0 Å². The molecule has 7 heteroatoms. The molecule has 4 aromatic heterocycles. The SMILES string of the molecule is Cc1cc(-n2c3[c-]c(Oc4[c-]c(-n5[c](=[Pt])n(C)c6ccccc65)ccc4)ccc3c3ccccc32)ncc1-c1cccnc1. The van der Waals surface area contributed by atoms with Gasteiger partial charge in [0.25, 0.3) is 0 Å². The van der Waals surface area contributed by atoms with Crippen molar-refractivity contribution >= 4 is 32.8 Å². The monoisotopic (exact) mass is 750 g/mol. The second-order valence-corrected chi connectivity index (χ2v) is 11.7. The molecule has 4 aromatic carbocycles. The molecule has 6 nitrogen and oxygen atoms in total. The fraction of sp³-hybridized carbons (Fsp3) is 0.0541. The molecular weight excluding hydrogens is 726 g/mol. The van der Waals surface area contributed by atoms with Gasteiger partial charge < -0.3 is 0 Å². The van der Waals surface area contributed by atoms with E-state index in [1.165, 1.54) is 0 Å². The van der Waals surface area contributed by atoms with E-state index in [4.69, 9.17) is 9.72 Å². The number of aryl methyl sites for hydroxylation is 2. The number of aromatic nitrogens is 5. The number of fused-ring (bicyclic) bond motifs is 4. The van der Waals surface area contributed by atoms with Crippen molar-refractivity contribution in [2.75, 3.05) is 0 Å². The first kappa shape index (κ1) is 26.6. The van der Waals surface area contributed by atoms with Crippen LogP contribution in [0, 0.1) is 22.9 Å². The molecule has 0 aliphatic rings. The summed E-state index contributed by atoms with van der Waals surface area (Å²) < 4.78 is 14.0. The number of hydrogen-bond acceptors (Lipinski definition) is 3. The molecule has 44 heavy (non-hydrogen) atoms. The summed E-state index contributed by atoms with van der Waals surface area (Å²) in [5, 5.41) is 2.22. The Kier molecular flexibility index (Phi) is 6.39. The number of imidazole rings is 1. The van der Waals surface area contributed by atoms with Crippen molar-refractivity contribution in [1.29, 1.82) is 0 Å². The third-order valence-electron chi connectivity index (χ3n) is 7.98. The second kappa shape index (κ2) is 10.6. The first-order chi connectivity index (χ1) is 21.6. The van der Waals surface area contributed by atoms with E-state index in [2.05, 4.69) is 137 Å². The van der Waals surface area contributed by atoms with E-state index >= 15 is 0 Å². The number of ether oxygens (including phenoxy) is 1. The van der Waals surface area contributed by atoms with Crippen molar-refractivity contribution in [1.82, 2.24) is 23.7 Å². The van der Waals surface area contributed by atoms with Crippen LogP contribution in [0.25, 0.3) is 55.5 Å². The molecule has 0 aliphatic heterocycles. The molecular formula is C37H25N5OPt-2. The van der Waals surface area contributed by atoms with Gasteiger partial charge in [-0.15, -0.1) is 0 Å². The summed E-state index contributed by atoms with van der Waals surface area (Å²) >= 11 is 2.36. The molecule has 8 aromatic rings. The number of rotatable bonds is 5. The van der Waals surface area contributed by atoms with Crippen LogP contribution in [0.4, 0.5) is 0 Å². The molecule has 0 aliphatic carbocycles. The van der Waals surface area contributed by atoms with Crippen molar-refractivity contribution < 1.29 is 24.1 Å². The van der Waals surface area contributed by atoms with Crippen LogP contribution in [0.3, 0.4) is 0 Å². The predicted molar refractivity (Wildman–Crippen MR) is 170 cm³/mol. The number of para-hydroxylation sites is 3. The molecule has 0 bridgehead atoms. The Hall–Kier alpha value is -5.06. The minimum absolute atomic E-state index is 0.608. The van der Waals surface area contributed by atoms with Crippen molar-refractivity contribution in [2.45, 2.75) is 6.92 Å². The molecule has 0 spiro atoms. The molecule has 0 amide bonds. The van der Waals surface area contributed by atoms with Gasteiger partial charge in [0.2, 0.25) is 0 Å². The Morgan fingerprint density at radius 2 is 1.52 bits per heavy atom. The Bertz CT molecular complexity index is 2420. The zero-order valence-electron chi connectivity index (χ0n) is 23.9. The van der Waals surface area contributed by atoms with Crippen molar-refractivity contribution in [3.63, 3.8) is 0 Å². The normalized spacial score (nSPS) is 11.5. The van der Waals surface area contributed by atoms with E-state index in [0.717, 1.165) is 64.8 Å². The van der Waals surface area contributed by atoms with Crippen molar-refractivity contribution in [2.24, 2.45) is 7.05 Å². The molecule has 216 valence electrons. The first-order valence-corrected chi connectivity index (χ1v) is 15.4. The maximum absolute atomic E-state index is 6.42. The van der Waals surface area contributed by atoms with Crippen molar-refractivity contribution in [3.05, 3.63) is 137 Å². The minimum Gasteiger partial charge on any atom is -0.264 e. The van der Waals surface area contributed by atoms with E-state index in [1.807, 2.05) is 36.7 Å². The first-order valence-electron chi connectivity index (χ1n) is 14.2. The summed E-state index contributed by atoms with van der Waals surface area (Å²) in [4.78, 5) is 9.20. The van der Waals surface area contributed by atoms with E-state index in [1.54, 1.807) is 6.20 Å². The third kappa shape index (κ3) is 4.33. The number of benzene rings is 4. The maximum atomic E-state index is 6.42. The number of hydrogen-bond donors (Lipinski definition) is 0. The molecule has 4 heterocycles. The minimum atomic E-state index is 0.608. The summed E-state index contributed by atoms with van der Waals surface area (Å²) in [5.74, 6) is 2.05. The van der Waals surface area contributed by atoms with Crippen LogP contribution in [-0.2, 0) is 26.4 Å². The Morgan fingerprint density at radius 3 is 2.34 bits per heavy atom. The van der Waals surface area contributed by atoms with Gasteiger partial charge in [-0.2, -0.15) is 0 Å². The predicted octanol–water partition coefficient (Wildman–Crippen LogP) is 8.30. The summed E-state index contributed by atoms with van der Waals surface area (Å²) in [5.41, 5.74) is 8.37. The third-order valence-corrected chi connectivity index (χ3v) is 9.25. The average molecular weight is 751 g/mol. The van der Waals surface area contributed by atoms with Crippen LogP contribution in [0.1, 0.15) is 5.56 Å². The smallest absolute Gasteiger partial charge is 0.264 e. The molecule has 0 saturated carbocycles. The van der Waals surface area contributed by atoms with Crippen LogP contribution in [0.2, 0.25) is 0 Å². The van der Waals surface area contributed by atoms with Gasteiger partial charge in [-0.3, -0.25) is 4.98 Å². The summed E-state index contributed by atoms with van der Waals surface area (Å²) in [7, 11) is 2.08. The summed E-state index contributed by atoms with van der Waals surface area (Å²) in [6, 6.07) is 40.0. The Morgan fingerprint density at radius 1 is 0.727 bits per heavy atom. The number of nitrogens with zero attached hydrogens (tertiary/aromatic N) is 5. The summed E-state index contributed by atoms with van der Waals surface area (Å²) in [6.45, 7) is 2.11. The topological polar surface area (TPSA) is 49.8 Å². The van der Waals surface area contributed by atoms with Crippen LogP contribution in [-0.4, -0.2) is 23.7 Å². The van der Waals surface area contributed by atoms with E-state index in [-0.39, 0.29) is 0 Å². The zero-order valence-corrected chi connectivity index (χ0v) is 26.2. The van der Waals surface area contributed by atoms with Gasteiger partial charge >= 0.3 is 194 Å². The van der Waals surface area contributed by atoms with Gasteiger partial charge in [0.1, 0.15) is 0 Å². The van der Waals surface area contributed by atoms with Crippen molar-refractivity contribution in [3.8, 4) is 34.1 Å². The van der Waals surface area contributed by atoms with E-state index < -0.39 is 0 Å². The van der Waals surface area contributed by atoms with Crippen LogP contribution in [0.15, 0.2) is 116 Å². The van der Waals surface area contributed by atoms with Gasteiger partial charge in [-0.05, 0) is 18.6 Å². The fourth-order valence-corrected chi connectivity index (χ4v) is 6.72. The average Bonchev–Trinajstić information content (AvgIpc) is 3.52. The standard InChI is InChI=1S/C37H25N5O.Pt/c1-25-19-37(39-23-32(25)26-9-8-18-38-22-26)42-33-13-4-3-12-30(33)31-17-16-29(21-36(31)42)43-28-11-7-10-27(20-28)41-24-40(2)34-14-5-6-15-35(34)41;/h3-19,22-23H,1-2H3;/q-2;. The van der Waals surface area contributed by atoms with Gasteiger partial charge in [-0.25, -0.2) is 0 Å².